The number of piperazine rings is 1. The van der Waals surface area contributed by atoms with Crippen molar-refractivity contribution in [3.8, 4) is 0 Å². The van der Waals surface area contributed by atoms with Crippen LogP contribution in [0.25, 0.3) is 0 Å². The van der Waals surface area contributed by atoms with Gasteiger partial charge < -0.3 is 9.80 Å². The summed E-state index contributed by atoms with van der Waals surface area (Å²) < 4.78 is 39.4. The third-order valence-corrected chi connectivity index (χ3v) is 4.75. The number of aromatic nitrogens is 1. The Morgan fingerprint density at radius 1 is 1.15 bits per heavy atom. The second-order valence-corrected chi connectivity index (χ2v) is 7.07. The van der Waals surface area contributed by atoms with E-state index < -0.39 is 11.7 Å². The molecule has 0 N–H and O–H groups in total. The molecule has 1 aromatic carbocycles. The van der Waals surface area contributed by atoms with Crippen molar-refractivity contribution in [3.05, 3.63) is 57.7 Å². The molecule has 0 atom stereocenters. The number of carbonyl (C=O) groups excluding carboxylic acids is 1. The average molecular weight is 428 g/mol. The lowest BCUT2D eigenvalue weighted by Crippen LogP contribution is -2.49. The molecule has 1 aromatic heterocycles. The first kappa shape index (κ1) is 18.7. The van der Waals surface area contributed by atoms with Gasteiger partial charge in [-0.3, -0.25) is 4.79 Å². The molecular formula is C18H17BrF3N3O. The predicted molar refractivity (Wildman–Crippen MR) is 96.2 cm³/mol. The molecule has 2 heterocycles. The van der Waals surface area contributed by atoms with Crippen molar-refractivity contribution in [2.24, 2.45) is 0 Å². The molecule has 1 fully saturated rings. The van der Waals surface area contributed by atoms with Crippen molar-refractivity contribution in [2.75, 3.05) is 31.1 Å². The first-order chi connectivity index (χ1) is 12.3. The molecule has 0 unspecified atom stereocenters. The minimum atomic E-state index is -4.46. The van der Waals surface area contributed by atoms with E-state index in [9.17, 15) is 18.0 Å². The highest BCUT2D eigenvalue weighted by Crippen LogP contribution is 2.30. The van der Waals surface area contributed by atoms with Gasteiger partial charge in [-0.25, -0.2) is 4.98 Å². The molecule has 4 nitrogen and oxygen atoms in total. The fraction of sp³-hybridized carbons (Fsp3) is 0.333. The maximum Gasteiger partial charge on any atom is 0.416 e. The van der Waals surface area contributed by atoms with E-state index in [1.54, 1.807) is 11.1 Å². The van der Waals surface area contributed by atoms with E-state index in [0.717, 1.165) is 28.0 Å². The summed E-state index contributed by atoms with van der Waals surface area (Å²) in [6.45, 7) is 4.01. The second kappa shape index (κ2) is 7.26. The van der Waals surface area contributed by atoms with Gasteiger partial charge in [-0.15, -0.1) is 0 Å². The molecule has 0 radical (unpaired) electrons. The average Bonchev–Trinajstić information content (AvgIpc) is 2.61. The number of nitrogens with zero attached hydrogens (tertiary/aromatic N) is 3. The molecule has 0 spiro atoms. The minimum absolute atomic E-state index is 0.0613. The molecule has 3 rings (SSSR count). The fourth-order valence-electron chi connectivity index (χ4n) is 3.00. The normalized spacial score (nSPS) is 15.3. The van der Waals surface area contributed by atoms with Crippen LogP contribution in [0.4, 0.5) is 19.0 Å². The SMILES string of the molecule is Cc1cc(Br)cnc1N1CCN(C(=O)c2cccc(C(F)(F)F)c2)CC1. The first-order valence-corrected chi connectivity index (χ1v) is 8.88. The van der Waals surface area contributed by atoms with E-state index in [-0.39, 0.29) is 11.5 Å². The monoisotopic (exact) mass is 427 g/mol. The van der Waals surface area contributed by atoms with Crippen LogP contribution in [0, 0.1) is 6.92 Å². The largest absolute Gasteiger partial charge is 0.416 e. The van der Waals surface area contributed by atoms with Crippen molar-refractivity contribution < 1.29 is 18.0 Å². The molecule has 0 bridgehead atoms. The molecule has 1 amide bonds. The van der Waals surface area contributed by atoms with Gasteiger partial charge in [-0.1, -0.05) is 6.07 Å². The molecule has 2 aromatic rings. The van der Waals surface area contributed by atoms with E-state index in [4.69, 9.17) is 0 Å². The fourth-order valence-corrected chi connectivity index (χ4v) is 3.44. The smallest absolute Gasteiger partial charge is 0.353 e. The molecule has 1 saturated heterocycles. The summed E-state index contributed by atoms with van der Waals surface area (Å²) >= 11 is 3.38. The third-order valence-electron chi connectivity index (χ3n) is 4.32. The van der Waals surface area contributed by atoms with Gasteiger partial charge >= 0.3 is 6.18 Å². The number of aryl methyl sites for hydroxylation is 1. The Morgan fingerprint density at radius 3 is 2.46 bits per heavy atom. The number of amides is 1. The number of pyridine rings is 1. The van der Waals surface area contributed by atoms with Gasteiger partial charge in [0.1, 0.15) is 5.82 Å². The van der Waals surface area contributed by atoms with Crippen molar-refractivity contribution >= 4 is 27.7 Å². The van der Waals surface area contributed by atoms with Crippen molar-refractivity contribution in [1.29, 1.82) is 0 Å². The zero-order chi connectivity index (χ0) is 18.9. The molecule has 8 heteroatoms. The predicted octanol–water partition coefficient (Wildman–Crippen LogP) is 4.13. The van der Waals surface area contributed by atoms with Gasteiger partial charge in [0.05, 0.1) is 5.56 Å². The Balaban J connectivity index is 1.69. The lowest BCUT2D eigenvalue weighted by atomic mass is 10.1. The maximum absolute atomic E-state index is 12.8. The van der Waals surface area contributed by atoms with Gasteiger partial charge in [0.2, 0.25) is 0 Å². The number of carbonyl (C=O) groups is 1. The Morgan fingerprint density at radius 2 is 1.85 bits per heavy atom. The molecule has 0 saturated carbocycles. The summed E-state index contributed by atoms with van der Waals surface area (Å²) in [6.07, 6.45) is -2.73. The molecule has 138 valence electrons. The zero-order valence-electron chi connectivity index (χ0n) is 14.1. The van der Waals surface area contributed by atoms with Crippen LogP contribution in [0.3, 0.4) is 0 Å². The van der Waals surface area contributed by atoms with Gasteiger partial charge in [-0.05, 0) is 52.7 Å². The summed E-state index contributed by atoms with van der Waals surface area (Å²) in [7, 11) is 0. The quantitative estimate of drug-likeness (QED) is 0.722. The van der Waals surface area contributed by atoms with Crippen LogP contribution < -0.4 is 4.90 Å². The summed E-state index contributed by atoms with van der Waals surface area (Å²) in [5.74, 6) is 0.482. The van der Waals surface area contributed by atoms with E-state index in [1.165, 1.54) is 12.1 Å². The topological polar surface area (TPSA) is 36.4 Å². The van der Waals surface area contributed by atoms with Crippen LogP contribution >= 0.6 is 15.9 Å². The van der Waals surface area contributed by atoms with Gasteiger partial charge in [0, 0.05) is 42.4 Å². The van der Waals surface area contributed by atoms with Gasteiger partial charge in [-0.2, -0.15) is 13.2 Å². The highest BCUT2D eigenvalue weighted by Gasteiger charge is 2.31. The molecule has 1 aliphatic heterocycles. The molecule has 0 aliphatic carbocycles. The zero-order valence-corrected chi connectivity index (χ0v) is 15.6. The van der Waals surface area contributed by atoms with E-state index >= 15 is 0 Å². The Bertz CT molecular complexity index is 818. The van der Waals surface area contributed by atoms with Crippen LogP contribution in [0.2, 0.25) is 0 Å². The summed E-state index contributed by atoms with van der Waals surface area (Å²) in [5, 5.41) is 0. The van der Waals surface area contributed by atoms with Crippen LogP contribution in [-0.2, 0) is 6.18 Å². The van der Waals surface area contributed by atoms with Crippen molar-refractivity contribution in [1.82, 2.24) is 9.88 Å². The molecular weight excluding hydrogens is 411 g/mol. The number of hydrogen-bond acceptors (Lipinski definition) is 3. The number of rotatable bonds is 2. The third kappa shape index (κ3) is 4.00. The lowest BCUT2D eigenvalue weighted by molar-refractivity contribution is -0.137. The number of anilines is 1. The first-order valence-electron chi connectivity index (χ1n) is 8.09. The number of alkyl halides is 3. The van der Waals surface area contributed by atoms with Crippen LogP contribution in [0.15, 0.2) is 41.0 Å². The summed E-state index contributed by atoms with van der Waals surface area (Å²) in [5.41, 5.74) is 0.278. The summed E-state index contributed by atoms with van der Waals surface area (Å²) in [4.78, 5) is 20.6. The summed E-state index contributed by atoms with van der Waals surface area (Å²) in [6, 6.07) is 6.54. The van der Waals surface area contributed by atoms with Gasteiger partial charge in [0.15, 0.2) is 0 Å². The van der Waals surface area contributed by atoms with Crippen LogP contribution in [-0.4, -0.2) is 42.0 Å². The molecule has 26 heavy (non-hydrogen) atoms. The van der Waals surface area contributed by atoms with Gasteiger partial charge in [0.25, 0.3) is 5.91 Å². The van der Waals surface area contributed by atoms with Crippen molar-refractivity contribution in [2.45, 2.75) is 13.1 Å². The number of hydrogen-bond donors (Lipinski definition) is 0. The van der Waals surface area contributed by atoms with E-state index in [0.29, 0.717) is 26.2 Å². The lowest BCUT2D eigenvalue weighted by Gasteiger charge is -2.36. The second-order valence-electron chi connectivity index (χ2n) is 6.15. The van der Waals surface area contributed by atoms with Crippen LogP contribution in [0.5, 0.6) is 0 Å². The maximum atomic E-state index is 12.8. The Kier molecular flexibility index (Phi) is 5.22. The standard InChI is InChI=1S/C18H17BrF3N3O/c1-12-9-15(19)11-23-16(12)24-5-7-25(8-6-24)17(26)13-3-2-4-14(10-13)18(20,21)22/h2-4,9-11H,5-8H2,1H3. The van der Waals surface area contributed by atoms with Crippen molar-refractivity contribution in [3.63, 3.8) is 0 Å². The Hall–Kier alpha value is -2.09. The van der Waals surface area contributed by atoms with Crippen LogP contribution in [0.1, 0.15) is 21.5 Å². The minimum Gasteiger partial charge on any atom is -0.353 e. The van der Waals surface area contributed by atoms with E-state index in [2.05, 4.69) is 25.8 Å². The molecule has 1 aliphatic rings. The Labute approximate surface area is 157 Å². The highest BCUT2D eigenvalue weighted by atomic mass is 79.9. The highest BCUT2D eigenvalue weighted by molar-refractivity contribution is 9.10. The van der Waals surface area contributed by atoms with E-state index in [1.807, 2.05) is 13.0 Å². The number of benzene rings is 1. The number of halogens is 4.